The second-order valence-electron chi connectivity index (χ2n) is 10.2. The predicted molar refractivity (Wildman–Crippen MR) is 145 cm³/mol. The summed E-state index contributed by atoms with van der Waals surface area (Å²) in [6, 6.07) is 18.1. The first-order chi connectivity index (χ1) is 16.3. The van der Waals surface area contributed by atoms with Crippen molar-refractivity contribution in [3.63, 3.8) is 0 Å². The standard InChI is InChI=1S/C30H34OS2/c1-2-6-10-21(9-5-1)27-17-23-13-15-25(19-29(23)32-27)31-26-16-14-24-18-28(33-30(24)20-26)22-11-7-3-4-8-12-22/h13-22H,1-12H2. The molecule has 6 rings (SSSR count). The summed E-state index contributed by atoms with van der Waals surface area (Å²) >= 11 is 3.97. The molecule has 0 amide bonds. The maximum Gasteiger partial charge on any atom is 0.128 e. The topological polar surface area (TPSA) is 9.23 Å². The zero-order chi connectivity index (χ0) is 22.0. The number of ether oxygens (including phenoxy) is 1. The summed E-state index contributed by atoms with van der Waals surface area (Å²) in [7, 11) is 0. The molecule has 0 atom stereocenters. The highest BCUT2D eigenvalue weighted by atomic mass is 32.1. The molecule has 0 aliphatic heterocycles. The lowest BCUT2D eigenvalue weighted by Crippen LogP contribution is -1.93. The number of hydrogen-bond acceptors (Lipinski definition) is 3. The van der Waals surface area contributed by atoms with Gasteiger partial charge in [-0.05, 0) is 96.8 Å². The molecule has 2 aliphatic carbocycles. The molecule has 0 bridgehead atoms. The Balaban J connectivity index is 1.21. The maximum absolute atomic E-state index is 6.36. The van der Waals surface area contributed by atoms with Gasteiger partial charge >= 0.3 is 0 Å². The van der Waals surface area contributed by atoms with Crippen molar-refractivity contribution in [1.82, 2.24) is 0 Å². The van der Waals surface area contributed by atoms with Crippen molar-refractivity contribution in [3.05, 3.63) is 58.3 Å². The first kappa shape index (κ1) is 21.7. The number of thiophene rings is 2. The van der Waals surface area contributed by atoms with Crippen molar-refractivity contribution in [2.75, 3.05) is 0 Å². The third-order valence-corrected chi connectivity index (χ3v) is 10.3. The molecule has 0 N–H and O–H groups in total. The van der Waals surface area contributed by atoms with Gasteiger partial charge in [-0.1, -0.05) is 51.4 Å². The summed E-state index contributed by atoms with van der Waals surface area (Å²) in [6.07, 6.45) is 16.7. The van der Waals surface area contributed by atoms with Crippen LogP contribution in [-0.4, -0.2) is 0 Å². The molecule has 2 fully saturated rings. The van der Waals surface area contributed by atoms with Gasteiger partial charge in [0.2, 0.25) is 0 Å². The van der Waals surface area contributed by atoms with Gasteiger partial charge in [-0.2, -0.15) is 0 Å². The zero-order valence-corrected chi connectivity index (χ0v) is 21.1. The van der Waals surface area contributed by atoms with E-state index in [9.17, 15) is 0 Å². The summed E-state index contributed by atoms with van der Waals surface area (Å²) in [6.45, 7) is 0. The molecule has 2 heterocycles. The summed E-state index contributed by atoms with van der Waals surface area (Å²) in [5, 5.41) is 2.74. The van der Waals surface area contributed by atoms with E-state index in [0.717, 1.165) is 23.3 Å². The van der Waals surface area contributed by atoms with Crippen LogP contribution >= 0.6 is 22.7 Å². The van der Waals surface area contributed by atoms with E-state index in [1.165, 1.54) is 97.2 Å². The second-order valence-corrected chi connectivity index (χ2v) is 12.4. The minimum atomic E-state index is 0.762. The lowest BCUT2D eigenvalue weighted by Gasteiger charge is -2.10. The van der Waals surface area contributed by atoms with E-state index in [-0.39, 0.29) is 0 Å². The fourth-order valence-corrected chi connectivity index (χ4v) is 8.38. The first-order valence-corrected chi connectivity index (χ1v) is 14.7. The van der Waals surface area contributed by atoms with Gasteiger partial charge in [0, 0.05) is 19.2 Å². The molecule has 172 valence electrons. The van der Waals surface area contributed by atoms with Crippen molar-refractivity contribution in [1.29, 1.82) is 0 Å². The van der Waals surface area contributed by atoms with E-state index in [4.69, 9.17) is 4.74 Å². The summed E-state index contributed by atoms with van der Waals surface area (Å²) in [5.41, 5.74) is 0. The molecule has 2 aromatic heterocycles. The molecule has 0 radical (unpaired) electrons. The van der Waals surface area contributed by atoms with E-state index < -0.39 is 0 Å². The van der Waals surface area contributed by atoms with Crippen LogP contribution in [0.5, 0.6) is 11.5 Å². The van der Waals surface area contributed by atoms with Crippen LogP contribution in [0.25, 0.3) is 20.2 Å². The van der Waals surface area contributed by atoms with E-state index in [0.29, 0.717) is 0 Å². The molecule has 2 aromatic carbocycles. The quantitative estimate of drug-likeness (QED) is 0.267. The molecule has 2 saturated carbocycles. The van der Waals surface area contributed by atoms with Crippen LogP contribution in [0, 0.1) is 0 Å². The Labute approximate surface area is 205 Å². The van der Waals surface area contributed by atoms with Gasteiger partial charge in [-0.15, -0.1) is 22.7 Å². The van der Waals surface area contributed by atoms with Crippen LogP contribution in [-0.2, 0) is 0 Å². The zero-order valence-electron chi connectivity index (χ0n) is 19.5. The molecule has 1 nitrogen and oxygen atoms in total. The minimum Gasteiger partial charge on any atom is -0.457 e. The second kappa shape index (κ2) is 9.80. The molecular weight excluding hydrogens is 440 g/mol. The lowest BCUT2D eigenvalue weighted by molar-refractivity contribution is 0.484. The Kier molecular flexibility index (Phi) is 6.44. The van der Waals surface area contributed by atoms with Crippen molar-refractivity contribution >= 4 is 42.8 Å². The van der Waals surface area contributed by atoms with Crippen molar-refractivity contribution in [2.24, 2.45) is 0 Å². The number of benzene rings is 2. The van der Waals surface area contributed by atoms with Crippen LogP contribution in [0.4, 0.5) is 0 Å². The largest absolute Gasteiger partial charge is 0.457 e. The third kappa shape index (κ3) is 4.86. The molecule has 3 heteroatoms. The van der Waals surface area contributed by atoms with Gasteiger partial charge in [0.1, 0.15) is 11.5 Å². The van der Waals surface area contributed by atoms with Gasteiger partial charge in [0.25, 0.3) is 0 Å². The maximum atomic E-state index is 6.36. The molecular formula is C30H34OS2. The summed E-state index contributed by atoms with van der Waals surface area (Å²) in [4.78, 5) is 3.16. The van der Waals surface area contributed by atoms with E-state index in [1.807, 2.05) is 22.7 Å². The molecule has 0 spiro atoms. The van der Waals surface area contributed by atoms with Gasteiger partial charge < -0.3 is 4.74 Å². The molecule has 0 saturated heterocycles. The summed E-state index contributed by atoms with van der Waals surface area (Å²) in [5.74, 6) is 3.43. The number of rotatable bonds is 4. The Morgan fingerprint density at radius 1 is 0.515 bits per heavy atom. The molecule has 4 aromatic rings. The number of hydrogen-bond donors (Lipinski definition) is 0. The van der Waals surface area contributed by atoms with Crippen LogP contribution in [0.3, 0.4) is 0 Å². The van der Waals surface area contributed by atoms with Crippen LogP contribution < -0.4 is 4.74 Å². The average molecular weight is 475 g/mol. The summed E-state index contributed by atoms with van der Waals surface area (Å²) < 4.78 is 9.08. The van der Waals surface area contributed by atoms with E-state index >= 15 is 0 Å². The van der Waals surface area contributed by atoms with E-state index in [1.54, 1.807) is 9.75 Å². The van der Waals surface area contributed by atoms with Crippen LogP contribution in [0.2, 0.25) is 0 Å². The lowest BCUT2D eigenvalue weighted by atomic mass is 9.98. The van der Waals surface area contributed by atoms with Gasteiger partial charge in [0.05, 0.1) is 0 Å². The molecule has 2 aliphatic rings. The fraction of sp³-hybridized carbons (Fsp3) is 0.467. The molecule has 33 heavy (non-hydrogen) atoms. The van der Waals surface area contributed by atoms with Crippen molar-refractivity contribution < 1.29 is 4.74 Å². The van der Waals surface area contributed by atoms with Crippen LogP contribution in [0.15, 0.2) is 48.5 Å². The smallest absolute Gasteiger partial charge is 0.128 e. The van der Waals surface area contributed by atoms with Gasteiger partial charge in [-0.25, -0.2) is 0 Å². The van der Waals surface area contributed by atoms with Crippen molar-refractivity contribution in [2.45, 2.75) is 88.9 Å². The Morgan fingerprint density at radius 2 is 0.939 bits per heavy atom. The Morgan fingerprint density at radius 3 is 1.36 bits per heavy atom. The highest BCUT2D eigenvalue weighted by Gasteiger charge is 2.18. The Bertz CT molecular complexity index is 1120. The number of fused-ring (bicyclic) bond motifs is 2. The predicted octanol–water partition coefficient (Wildman–Crippen LogP) is 10.8. The Hall–Kier alpha value is -1.84. The molecule has 0 unspecified atom stereocenters. The monoisotopic (exact) mass is 474 g/mol. The van der Waals surface area contributed by atoms with Gasteiger partial charge in [0.15, 0.2) is 0 Å². The SMILES string of the molecule is c1cc2cc(C3CCCCCC3)sc2cc1Oc1ccc2cc(C3CCCCCC3)sc2c1. The van der Waals surface area contributed by atoms with Crippen LogP contribution in [0.1, 0.15) is 98.6 Å². The highest BCUT2D eigenvalue weighted by Crippen LogP contribution is 2.41. The van der Waals surface area contributed by atoms with Crippen molar-refractivity contribution in [3.8, 4) is 11.5 Å². The third-order valence-electron chi connectivity index (χ3n) is 7.77. The first-order valence-electron chi connectivity index (χ1n) is 13.1. The fourth-order valence-electron chi connectivity index (χ4n) is 5.86. The minimum absolute atomic E-state index is 0.762. The average Bonchev–Trinajstić information content (AvgIpc) is 3.19. The normalized spacial score (nSPS) is 19.0. The van der Waals surface area contributed by atoms with E-state index in [2.05, 4.69) is 48.5 Å². The van der Waals surface area contributed by atoms with Gasteiger partial charge in [-0.3, -0.25) is 0 Å². The highest BCUT2D eigenvalue weighted by molar-refractivity contribution is 7.19.